The highest BCUT2D eigenvalue weighted by Gasteiger charge is 2.28. The number of hydrogen-bond donors (Lipinski definition) is 2. The van der Waals surface area contributed by atoms with Crippen LogP contribution in [-0.2, 0) is 6.54 Å². The van der Waals surface area contributed by atoms with Gasteiger partial charge in [0.05, 0.1) is 23.0 Å². The van der Waals surface area contributed by atoms with Gasteiger partial charge in [-0.25, -0.2) is 0 Å². The molecule has 0 aromatic carbocycles. The fraction of sp³-hybridized carbons (Fsp3) is 0.786. The summed E-state index contributed by atoms with van der Waals surface area (Å²) in [5, 5.41) is 5.12. The van der Waals surface area contributed by atoms with Crippen LogP contribution in [0.25, 0.3) is 0 Å². The molecule has 19 heavy (non-hydrogen) atoms. The first-order valence-corrected chi connectivity index (χ1v) is 7.83. The molecular formula is C14H25ClN4. The monoisotopic (exact) mass is 284 g/mol. The van der Waals surface area contributed by atoms with Crippen molar-refractivity contribution in [3.63, 3.8) is 0 Å². The molecule has 1 heterocycles. The van der Waals surface area contributed by atoms with Crippen molar-refractivity contribution in [1.29, 1.82) is 0 Å². The highest BCUT2D eigenvalue weighted by atomic mass is 35.5. The van der Waals surface area contributed by atoms with Gasteiger partial charge in [0.1, 0.15) is 0 Å². The van der Waals surface area contributed by atoms with E-state index in [0.717, 1.165) is 23.7 Å². The summed E-state index contributed by atoms with van der Waals surface area (Å²) in [6, 6.07) is 0.125. The lowest BCUT2D eigenvalue weighted by Crippen LogP contribution is -2.35. The third-order valence-corrected chi connectivity index (χ3v) is 4.41. The quantitative estimate of drug-likeness (QED) is 0.495. The summed E-state index contributed by atoms with van der Waals surface area (Å²) in [4.78, 5) is 0. The fourth-order valence-corrected chi connectivity index (χ4v) is 3.41. The first-order valence-electron chi connectivity index (χ1n) is 7.45. The zero-order valence-electron chi connectivity index (χ0n) is 11.7. The summed E-state index contributed by atoms with van der Waals surface area (Å²) in [7, 11) is 0. The Morgan fingerprint density at radius 2 is 2.11 bits per heavy atom. The summed E-state index contributed by atoms with van der Waals surface area (Å²) < 4.78 is 2.01. The van der Waals surface area contributed by atoms with Crippen LogP contribution in [0.2, 0.25) is 5.02 Å². The minimum absolute atomic E-state index is 0.125. The zero-order chi connectivity index (χ0) is 13.7. The molecule has 1 unspecified atom stereocenters. The Hall–Kier alpha value is -0.580. The molecule has 1 aromatic rings. The first-order chi connectivity index (χ1) is 9.27. The van der Waals surface area contributed by atoms with Gasteiger partial charge in [-0.15, -0.1) is 0 Å². The number of rotatable bonds is 5. The van der Waals surface area contributed by atoms with Gasteiger partial charge < -0.3 is 0 Å². The highest BCUT2D eigenvalue weighted by Crippen LogP contribution is 2.35. The summed E-state index contributed by atoms with van der Waals surface area (Å²) in [5.74, 6) is 6.40. The van der Waals surface area contributed by atoms with Crippen LogP contribution in [0.1, 0.15) is 63.6 Å². The van der Waals surface area contributed by atoms with Crippen LogP contribution in [0.4, 0.5) is 0 Å². The molecule has 1 saturated carbocycles. The molecule has 1 fully saturated rings. The third-order valence-electron chi connectivity index (χ3n) is 4.11. The Kier molecular flexibility index (Phi) is 5.67. The predicted octanol–water partition coefficient (Wildman–Crippen LogP) is 3.42. The number of nitrogens with one attached hydrogen (secondary N) is 1. The molecule has 2 rings (SSSR count). The second-order valence-electron chi connectivity index (χ2n) is 5.50. The number of nitrogens with zero attached hydrogens (tertiary/aromatic N) is 2. The molecule has 5 heteroatoms. The van der Waals surface area contributed by atoms with Crippen molar-refractivity contribution in [2.45, 2.75) is 64.5 Å². The Bertz CT molecular complexity index is 383. The molecule has 0 spiro atoms. The van der Waals surface area contributed by atoms with Gasteiger partial charge in [-0.1, -0.05) is 44.2 Å². The van der Waals surface area contributed by atoms with E-state index >= 15 is 0 Å². The minimum atomic E-state index is 0.125. The van der Waals surface area contributed by atoms with Crippen molar-refractivity contribution < 1.29 is 0 Å². The van der Waals surface area contributed by atoms with Gasteiger partial charge >= 0.3 is 0 Å². The largest absolute Gasteiger partial charge is 0.271 e. The van der Waals surface area contributed by atoms with Crippen molar-refractivity contribution in [3.05, 3.63) is 16.9 Å². The molecule has 0 radical (unpaired) electrons. The molecular weight excluding hydrogens is 260 g/mol. The van der Waals surface area contributed by atoms with E-state index in [0.29, 0.717) is 5.92 Å². The van der Waals surface area contributed by atoms with Gasteiger partial charge in [-0.2, -0.15) is 5.10 Å². The number of nitrogens with two attached hydrogens (primary N) is 1. The third kappa shape index (κ3) is 3.50. The van der Waals surface area contributed by atoms with E-state index in [-0.39, 0.29) is 6.04 Å². The van der Waals surface area contributed by atoms with Crippen LogP contribution in [0.5, 0.6) is 0 Å². The van der Waals surface area contributed by atoms with E-state index in [4.69, 9.17) is 17.4 Å². The average Bonchev–Trinajstić information content (AvgIpc) is 2.65. The molecule has 108 valence electrons. The number of halogens is 1. The van der Waals surface area contributed by atoms with Crippen molar-refractivity contribution in [1.82, 2.24) is 15.2 Å². The van der Waals surface area contributed by atoms with Crippen LogP contribution < -0.4 is 11.3 Å². The fourth-order valence-electron chi connectivity index (χ4n) is 3.15. The van der Waals surface area contributed by atoms with Crippen molar-refractivity contribution >= 4 is 11.6 Å². The van der Waals surface area contributed by atoms with Crippen LogP contribution in [-0.4, -0.2) is 9.78 Å². The molecule has 0 saturated heterocycles. The standard InChI is InChI=1S/C14H25ClN4/c1-2-9-19-14(12(15)10-17-19)13(18-16)11-7-5-3-4-6-8-11/h10-11,13,18H,2-9,16H2,1H3. The van der Waals surface area contributed by atoms with Crippen LogP contribution >= 0.6 is 11.6 Å². The number of aromatic nitrogens is 2. The summed E-state index contributed by atoms with van der Waals surface area (Å²) in [5.41, 5.74) is 4.06. The van der Waals surface area contributed by atoms with Gasteiger partial charge in [-0.3, -0.25) is 16.0 Å². The summed E-state index contributed by atoms with van der Waals surface area (Å²) in [6.07, 6.45) is 10.5. The molecule has 0 bridgehead atoms. The Morgan fingerprint density at radius 1 is 1.42 bits per heavy atom. The highest BCUT2D eigenvalue weighted by molar-refractivity contribution is 6.31. The normalized spacial score (nSPS) is 19.3. The lowest BCUT2D eigenvalue weighted by Gasteiger charge is -2.26. The predicted molar refractivity (Wildman–Crippen MR) is 78.8 cm³/mol. The molecule has 1 aliphatic rings. The summed E-state index contributed by atoms with van der Waals surface area (Å²) in [6.45, 7) is 3.04. The Labute approximate surface area is 120 Å². The molecule has 1 atom stereocenters. The van der Waals surface area contributed by atoms with Gasteiger partial charge in [0.2, 0.25) is 0 Å². The maximum absolute atomic E-state index is 6.34. The van der Waals surface area contributed by atoms with Crippen molar-refractivity contribution in [3.8, 4) is 0 Å². The minimum Gasteiger partial charge on any atom is -0.271 e. The van der Waals surface area contributed by atoms with E-state index in [1.807, 2.05) is 4.68 Å². The van der Waals surface area contributed by atoms with Gasteiger partial charge in [0.15, 0.2) is 0 Å². The average molecular weight is 285 g/mol. The van der Waals surface area contributed by atoms with E-state index in [1.165, 1.54) is 38.5 Å². The topological polar surface area (TPSA) is 55.9 Å². The van der Waals surface area contributed by atoms with Crippen molar-refractivity contribution in [2.75, 3.05) is 0 Å². The Balaban J connectivity index is 2.22. The molecule has 0 amide bonds. The number of hydrazine groups is 1. The zero-order valence-corrected chi connectivity index (χ0v) is 12.5. The second-order valence-corrected chi connectivity index (χ2v) is 5.90. The van der Waals surface area contributed by atoms with E-state index < -0.39 is 0 Å². The van der Waals surface area contributed by atoms with Gasteiger partial charge in [0.25, 0.3) is 0 Å². The van der Waals surface area contributed by atoms with Gasteiger partial charge in [-0.05, 0) is 25.2 Å². The Morgan fingerprint density at radius 3 is 2.68 bits per heavy atom. The van der Waals surface area contributed by atoms with Crippen molar-refractivity contribution in [2.24, 2.45) is 11.8 Å². The molecule has 3 N–H and O–H groups in total. The van der Waals surface area contributed by atoms with Crippen LogP contribution in [0, 0.1) is 5.92 Å². The number of aryl methyl sites for hydroxylation is 1. The second kappa shape index (κ2) is 7.27. The molecule has 1 aromatic heterocycles. The van der Waals surface area contributed by atoms with E-state index in [9.17, 15) is 0 Å². The smallest absolute Gasteiger partial charge is 0.0834 e. The van der Waals surface area contributed by atoms with Gasteiger partial charge in [0, 0.05) is 6.54 Å². The lowest BCUT2D eigenvalue weighted by molar-refractivity contribution is 0.311. The SMILES string of the molecule is CCCn1ncc(Cl)c1C(NN)C1CCCCCC1. The van der Waals surface area contributed by atoms with Crippen LogP contribution in [0.3, 0.4) is 0 Å². The number of hydrogen-bond acceptors (Lipinski definition) is 3. The summed E-state index contributed by atoms with van der Waals surface area (Å²) >= 11 is 6.34. The molecule has 0 aliphatic heterocycles. The van der Waals surface area contributed by atoms with E-state index in [2.05, 4.69) is 17.4 Å². The van der Waals surface area contributed by atoms with E-state index in [1.54, 1.807) is 6.20 Å². The molecule has 1 aliphatic carbocycles. The maximum atomic E-state index is 6.34. The maximum Gasteiger partial charge on any atom is 0.0834 e. The molecule has 4 nitrogen and oxygen atoms in total. The lowest BCUT2D eigenvalue weighted by atomic mass is 9.90. The van der Waals surface area contributed by atoms with Crippen LogP contribution in [0.15, 0.2) is 6.20 Å². The first kappa shape index (κ1) is 14.8.